The number of carbonyl (C=O) groups excluding carboxylic acids is 1. The van der Waals surface area contributed by atoms with Crippen LogP contribution in [0.5, 0.6) is 0 Å². The third kappa shape index (κ3) is 1.80. The van der Waals surface area contributed by atoms with Crippen LogP contribution in [-0.4, -0.2) is 22.6 Å². The molecule has 0 fully saturated rings. The second kappa shape index (κ2) is 2.38. The zero-order valence-electron chi connectivity index (χ0n) is 6.03. The largest absolute Gasteiger partial charge is 0.481 e. The highest BCUT2D eigenvalue weighted by Crippen LogP contribution is 2.22. The maximum Gasteiger partial charge on any atom is 0.331 e. The van der Waals surface area contributed by atoms with Gasteiger partial charge in [0.05, 0.1) is 6.42 Å². The number of hydrogen-bond acceptors (Lipinski definition) is 3. The Morgan fingerprint density at radius 3 is 2.82 bits per heavy atom. The van der Waals surface area contributed by atoms with Gasteiger partial charge in [0, 0.05) is 6.08 Å². The Morgan fingerprint density at radius 2 is 2.45 bits per heavy atom. The number of aliphatic carboxylic acids is 1. The van der Waals surface area contributed by atoms with Gasteiger partial charge in [0.2, 0.25) is 0 Å². The predicted molar refractivity (Wildman–Crippen MR) is 35.9 cm³/mol. The van der Waals surface area contributed by atoms with E-state index >= 15 is 0 Å². The molecule has 0 saturated heterocycles. The van der Waals surface area contributed by atoms with Crippen LogP contribution in [0.4, 0.5) is 0 Å². The van der Waals surface area contributed by atoms with Crippen molar-refractivity contribution in [3.05, 3.63) is 12.2 Å². The first-order chi connectivity index (χ1) is 5.02. The number of rotatable bonds is 2. The molecule has 0 aromatic carbocycles. The molecule has 1 N–H and O–H groups in total. The Balaban J connectivity index is 2.63. The minimum Gasteiger partial charge on any atom is -0.481 e. The molecule has 4 heteroatoms. The molecule has 11 heavy (non-hydrogen) atoms. The van der Waals surface area contributed by atoms with Crippen molar-refractivity contribution in [2.75, 3.05) is 0 Å². The molecule has 1 aliphatic rings. The third-order valence-corrected chi connectivity index (χ3v) is 1.41. The lowest BCUT2D eigenvalue weighted by molar-refractivity contribution is -0.150. The number of cyclic esters (lactones) is 1. The topological polar surface area (TPSA) is 63.6 Å². The summed E-state index contributed by atoms with van der Waals surface area (Å²) < 4.78 is 4.73. The van der Waals surface area contributed by atoms with E-state index in [-0.39, 0.29) is 6.42 Å². The summed E-state index contributed by atoms with van der Waals surface area (Å²) in [4.78, 5) is 20.8. The van der Waals surface area contributed by atoms with Crippen LogP contribution in [0.25, 0.3) is 0 Å². The van der Waals surface area contributed by atoms with Gasteiger partial charge in [0.25, 0.3) is 0 Å². The van der Waals surface area contributed by atoms with Crippen LogP contribution in [0.2, 0.25) is 0 Å². The molecule has 0 bridgehead atoms. The first kappa shape index (κ1) is 7.78. The fourth-order valence-corrected chi connectivity index (χ4v) is 0.937. The van der Waals surface area contributed by atoms with Crippen molar-refractivity contribution in [3.8, 4) is 0 Å². The first-order valence-electron chi connectivity index (χ1n) is 3.16. The molecule has 0 spiro atoms. The van der Waals surface area contributed by atoms with Crippen LogP contribution in [0.3, 0.4) is 0 Å². The van der Waals surface area contributed by atoms with Crippen LogP contribution in [0, 0.1) is 0 Å². The normalized spacial score (nSPS) is 28.6. The predicted octanol–water partition coefficient (Wildman–Crippen LogP) is 0.333. The van der Waals surface area contributed by atoms with Gasteiger partial charge in [-0.2, -0.15) is 0 Å². The van der Waals surface area contributed by atoms with Gasteiger partial charge in [0.15, 0.2) is 0 Å². The van der Waals surface area contributed by atoms with Crippen molar-refractivity contribution in [2.45, 2.75) is 18.9 Å². The standard InChI is InChI=1S/C7H8O4/c1-7(4-5(8)9)3-2-6(10)11-7/h2-3H,4H2,1H3,(H,8,9)/t7-/m1/s1. The van der Waals surface area contributed by atoms with Crippen molar-refractivity contribution in [2.24, 2.45) is 0 Å². The van der Waals surface area contributed by atoms with Gasteiger partial charge in [-0.3, -0.25) is 4.79 Å². The first-order valence-corrected chi connectivity index (χ1v) is 3.16. The second-order valence-corrected chi connectivity index (χ2v) is 2.64. The molecule has 4 nitrogen and oxygen atoms in total. The highest BCUT2D eigenvalue weighted by Gasteiger charge is 2.32. The smallest absolute Gasteiger partial charge is 0.331 e. The van der Waals surface area contributed by atoms with E-state index in [2.05, 4.69) is 0 Å². The number of carboxylic acid groups (broad SMARTS) is 1. The van der Waals surface area contributed by atoms with Crippen LogP contribution in [0.15, 0.2) is 12.2 Å². The zero-order chi connectivity index (χ0) is 8.48. The van der Waals surface area contributed by atoms with Crippen LogP contribution >= 0.6 is 0 Å². The fourth-order valence-electron chi connectivity index (χ4n) is 0.937. The van der Waals surface area contributed by atoms with Gasteiger partial charge < -0.3 is 9.84 Å². The average Bonchev–Trinajstić information content (AvgIpc) is 2.08. The van der Waals surface area contributed by atoms with E-state index in [9.17, 15) is 9.59 Å². The van der Waals surface area contributed by atoms with Gasteiger partial charge in [0.1, 0.15) is 5.60 Å². The average molecular weight is 156 g/mol. The van der Waals surface area contributed by atoms with Crippen molar-refractivity contribution in [1.82, 2.24) is 0 Å². The molecule has 0 aliphatic carbocycles. The molecule has 60 valence electrons. The Kier molecular flexibility index (Phi) is 1.68. The Labute approximate surface area is 63.5 Å². The van der Waals surface area contributed by atoms with Gasteiger partial charge in [-0.05, 0) is 13.0 Å². The summed E-state index contributed by atoms with van der Waals surface area (Å²) in [7, 11) is 0. The van der Waals surface area contributed by atoms with Gasteiger partial charge in [-0.15, -0.1) is 0 Å². The molecule has 0 unspecified atom stereocenters. The van der Waals surface area contributed by atoms with E-state index in [1.165, 1.54) is 12.2 Å². The van der Waals surface area contributed by atoms with Crippen LogP contribution < -0.4 is 0 Å². The van der Waals surface area contributed by atoms with Crippen LogP contribution in [0.1, 0.15) is 13.3 Å². The summed E-state index contributed by atoms with van der Waals surface area (Å²) in [6.45, 7) is 1.56. The number of ether oxygens (including phenoxy) is 1. The highest BCUT2D eigenvalue weighted by atomic mass is 16.6. The van der Waals surface area contributed by atoms with Crippen molar-refractivity contribution >= 4 is 11.9 Å². The van der Waals surface area contributed by atoms with E-state index in [1.807, 2.05) is 0 Å². The molecular formula is C7H8O4. The van der Waals surface area contributed by atoms with E-state index in [4.69, 9.17) is 9.84 Å². The number of carboxylic acids is 1. The monoisotopic (exact) mass is 156 g/mol. The van der Waals surface area contributed by atoms with Gasteiger partial charge >= 0.3 is 11.9 Å². The molecule has 1 rings (SSSR count). The molecular weight excluding hydrogens is 148 g/mol. The van der Waals surface area contributed by atoms with Crippen molar-refractivity contribution in [3.63, 3.8) is 0 Å². The van der Waals surface area contributed by atoms with E-state index < -0.39 is 17.5 Å². The molecule has 0 radical (unpaired) electrons. The summed E-state index contributed by atoms with van der Waals surface area (Å²) in [5, 5.41) is 8.40. The summed E-state index contributed by atoms with van der Waals surface area (Å²) >= 11 is 0. The van der Waals surface area contributed by atoms with E-state index in [0.717, 1.165) is 0 Å². The molecule has 0 aromatic rings. The lowest BCUT2D eigenvalue weighted by Crippen LogP contribution is -2.27. The third-order valence-electron chi connectivity index (χ3n) is 1.41. The van der Waals surface area contributed by atoms with E-state index in [1.54, 1.807) is 6.92 Å². The van der Waals surface area contributed by atoms with Crippen LogP contribution in [-0.2, 0) is 14.3 Å². The minimum absolute atomic E-state index is 0.185. The molecule has 1 atom stereocenters. The number of carbonyl (C=O) groups is 2. The lowest BCUT2D eigenvalue weighted by atomic mass is 10.0. The molecule has 1 heterocycles. The minimum atomic E-state index is -0.980. The zero-order valence-corrected chi connectivity index (χ0v) is 6.03. The Bertz CT molecular complexity index is 231. The molecule has 1 aliphatic heterocycles. The maximum atomic E-state index is 10.5. The fraction of sp³-hybridized carbons (Fsp3) is 0.429. The quantitative estimate of drug-likeness (QED) is 0.585. The van der Waals surface area contributed by atoms with Gasteiger partial charge in [-0.25, -0.2) is 4.79 Å². The summed E-state index contributed by atoms with van der Waals surface area (Å²) in [6, 6.07) is 0. The Morgan fingerprint density at radius 1 is 1.82 bits per heavy atom. The second-order valence-electron chi connectivity index (χ2n) is 2.64. The highest BCUT2D eigenvalue weighted by molar-refractivity contribution is 5.86. The number of esters is 1. The molecule has 0 amide bonds. The molecule has 0 aromatic heterocycles. The lowest BCUT2D eigenvalue weighted by Gasteiger charge is -2.18. The summed E-state index contributed by atoms with van der Waals surface area (Å²) in [5.41, 5.74) is -0.942. The number of hydrogen-bond donors (Lipinski definition) is 1. The van der Waals surface area contributed by atoms with E-state index in [0.29, 0.717) is 0 Å². The molecule has 0 saturated carbocycles. The SMILES string of the molecule is C[C@]1(CC(=O)O)C=CC(=O)O1. The van der Waals surface area contributed by atoms with Gasteiger partial charge in [-0.1, -0.05) is 0 Å². The van der Waals surface area contributed by atoms with Crippen molar-refractivity contribution < 1.29 is 19.4 Å². The summed E-state index contributed by atoms with van der Waals surface area (Å²) in [6.07, 6.45) is 2.52. The summed E-state index contributed by atoms with van der Waals surface area (Å²) in [5.74, 6) is -1.46. The Hall–Kier alpha value is -1.32. The maximum absolute atomic E-state index is 10.5. The van der Waals surface area contributed by atoms with Crippen molar-refractivity contribution in [1.29, 1.82) is 0 Å².